The molecule has 1 unspecified atom stereocenters. The minimum absolute atomic E-state index is 0.0325. The molecule has 0 heterocycles. The van der Waals surface area contributed by atoms with Crippen molar-refractivity contribution in [2.75, 3.05) is 6.61 Å². The van der Waals surface area contributed by atoms with E-state index in [0.717, 1.165) is 25.7 Å². The first-order valence-electron chi connectivity index (χ1n) is 5.34. The molecular weight excluding hydrogens is 178 g/mol. The highest BCUT2D eigenvalue weighted by molar-refractivity contribution is 5.79. The molecule has 1 amide bonds. The van der Waals surface area contributed by atoms with Crippen molar-refractivity contribution >= 4 is 5.91 Å². The molecule has 1 aliphatic rings. The SMILES string of the molecule is CC[C@@H](CO)NC(=O)C1CC=CCC1. The van der Waals surface area contributed by atoms with Crippen LogP contribution >= 0.6 is 0 Å². The summed E-state index contributed by atoms with van der Waals surface area (Å²) in [6.45, 7) is 1.99. The van der Waals surface area contributed by atoms with Gasteiger partial charge in [-0.15, -0.1) is 0 Å². The van der Waals surface area contributed by atoms with Crippen molar-refractivity contribution in [2.24, 2.45) is 5.92 Å². The van der Waals surface area contributed by atoms with Gasteiger partial charge in [0.05, 0.1) is 12.6 Å². The molecule has 1 aliphatic carbocycles. The summed E-state index contributed by atoms with van der Waals surface area (Å²) in [6.07, 6.45) is 7.73. The van der Waals surface area contributed by atoms with E-state index in [2.05, 4.69) is 17.5 Å². The molecule has 0 saturated carbocycles. The maximum atomic E-state index is 11.7. The van der Waals surface area contributed by atoms with E-state index >= 15 is 0 Å². The molecule has 0 spiro atoms. The number of nitrogens with one attached hydrogen (secondary N) is 1. The number of aliphatic hydroxyl groups excluding tert-OH is 1. The fourth-order valence-electron chi connectivity index (χ4n) is 1.63. The number of rotatable bonds is 4. The van der Waals surface area contributed by atoms with Gasteiger partial charge in [0.25, 0.3) is 0 Å². The molecule has 0 aromatic rings. The van der Waals surface area contributed by atoms with Crippen LogP contribution in [0.5, 0.6) is 0 Å². The Morgan fingerprint density at radius 2 is 2.43 bits per heavy atom. The number of amides is 1. The molecule has 3 heteroatoms. The van der Waals surface area contributed by atoms with Crippen LogP contribution in [0.25, 0.3) is 0 Å². The Morgan fingerprint density at radius 3 is 2.93 bits per heavy atom. The first kappa shape index (κ1) is 11.2. The molecule has 0 aliphatic heterocycles. The summed E-state index contributed by atoms with van der Waals surface area (Å²) >= 11 is 0. The minimum Gasteiger partial charge on any atom is -0.394 e. The minimum atomic E-state index is -0.0755. The Hall–Kier alpha value is -0.830. The number of carbonyl (C=O) groups excluding carboxylic acids is 1. The molecule has 3 nitrogen and oxygen atoms in total. The average Bonchev–Trinajstić information content (AvgIpc) is 2.26. The van der Waals surface area contributed by atoms with Gasteiger partial charge in [-0.3, -0.25) is 4.79 Å². The molecule has 0 fully saturated rings. The van der Waals surface area contributed by atoms with Crippen LogP contribution in [0.2, 0.25) is 0 Å². The standard InChI is InChI=1S/C11H19NO2/c1-2-10(8-13)12-11(14)9-6-4-3-5-7-9/h3-4,9-10,13H,2,5-8H2,1H3,(H,12,14)/t9?,10-/m0/s1. The third kappa shape index (κ3) is 3.14. The van der Waals surface area contributed by atoms with E-state index in [4.69, 9.17) is 5.11 Å². The molecule has 0 bridgehead atoms. The van der Waals surface area contributed by atoms with Crippen LogP contribution in [-0.4, -0.2) is 23.7 Å². The quantitative estimate of drug-likeness (QED) is 0.666. The molecule has 1 rings (SSSR count). The van der Waals surface area contributed by atoms with Crippen molar-refractivity contribution in [3.63, 3.8) is 0 Å². The van der Waals surface area contributed by atoms with Crippen molar-refractivity contribution in [3.05, 3.63) is 12.2 Å². The lowest BCUT2D eigenvalue weighted by molar-refractivity contribution is -0.126. The summed E-state index contributed by atoms with van der Waals surface area (Å²) in [5.41, 5.74) is 0. The van der Waals surface area contributed by atoms with Gasteiger partial charge in [0.1, 0.15) is 0 Å². The monoisotopic (exact) mass is 197 g/mol. The van der Waals surface area contributed by atoms with Crippen molar-refractivity contribution in [2.45, 2.75) is 38.6 Å². The highest BCUT2D eigenvalue weighted by Crippen LogP contribution is 2.18. The molecule has 0 aromatic carbocycles. The Balaban J connectivity index is 2.36. The second kappa shape index (κ2) is 5.81. The lowest BCUT2D eigenvalue weighted by Gasteiger charge is -2.21. The van der Waals surface area contributed by atoms with E-state index in [0.29, 0.717) is 0 Å². The summed E-state index contributed by atoms with van der Waals surface area (Å²) in [4.78, 5) is 11.7. The van der Waals surface area contributed by atoms with Crippen LogP contribution < -0.4 is 5.32 Å². The summed E-state index contributed by atoms with van der Waals surface area (Å²) in [7, 11) is 0. The predicted molar refractivity (Wildman–Crippen MR) is 55.8 cm³/mol. The third-order valence-electron chi connectivity index (χ3n) is 2.70. The van der Waals surface area contributed by atoms with E-state index in [1.807, 2.05) is 6.92 Å². The Labute approximate surface area is 85.2 Å². The van der Waals surface area contributed by atoms with E-state index in [1.54, 1.807) is 0 Å². The topological polar surface area (TPSA) is 49.3 Å². The molecule has 0 aromatic heterocycles. The lowest BCUT2D eigenvalue weighted by atomic mass is 9.93. The summed E-state index contributed by atoms with van der Waals surface area (Å²) in [5.74, 6) is 0.204. The van der Waals surface area contributed by atoms with Gasteiger partial charge in [-0.2, -0.15) is 0 Å². The summed E-state index contributed by atoms with van der Waals surface area (Å²) in [6, 6.07) is -0.0755. The molecule has 14 heavy (non-hydrogen) atoms. The van der Waals surface area contributed by atoms with Crippen molar-refractivity contribution in [1.82, 2.24) is 5.32 Å². The van der Waals surface area contributed by atoms with E-state index in [1.165, 1.54) is 0 Å². The van der Waals surface area contributed by atoms with Gasteiger partial charge >= 0.3 is 0 Å². The Bertz CT molecular complexity index is 209. The van der Waals surface area contributed by atoms with Crippen LogP contribution in [0.1, 0.15) is 32.6 Å². The van der Waals surface area contributed by atoms with Crippen LogP contribution in [0.3, 0.4) is 0 Å². The zero-order valence-corrected chi connectivity index (χ0v) is 8.70. The molecule has 2 atom stereocenters. The molecular formula is C11H19NO2. The maximum Gasteiger partial charge on any atom is 0.223 e. The zero-order valence-electron chi connectivity index (χ0n) is 8.70. The summed E-state index contributed by atoms with van der Waals surface area (Å²) in [5, 5.41) is 11.8. The van der Waals surface area contributed by atoms with Gasteiger partial charge in [-0.05, 0) is 25.7 Å². The average molecular weight is 197 g/mol. The van der Waals surface area contributed by atoms with Crippen LogP contribution in [0.15, 0.2) is 12.2 Å². The van der Waals surface area contributed by atoms with Gasteiger partial charge in [0.15, 0.2) is 0 Å². The highest BCUT2D eigenvalue weighted by atomic mass is 16.3. The fourth-order valence-corrected chi connectivity index (χ4v) is 1.63. The number of hydrogen-bond donors (Lipinski definition) is 2. The van der Waals surface area contributed by atoms with Crippen LogP contribution in [0, 0.1) is 5.92 Å². The second-order valence-corrected chi connectivity index (χ2v) is 3.78. The third-order valence-corrected chi connectivity index (χ3v) is 2.70. The lowest BCUT2D eigenvalue weighted by Crippen LogP contribution is -2.40. The molecule has 80 valence electrons. The normalized spacial score (nSPS) is 23.1. The van der Waals surface area contributed by atoms with Crippen molar-refractivity contribution in [1.29, 1.82) is 0 Å². The highest BCUT2D eigenvalue weighted by Gasteiger charge is 2.20. The van der Waals surface area contributed by atoms with Gasteiger partial charge in [0.2, 0.25) is 5.91 Å². The number of allylic oxidation sites excluding steroid dienone is 2. The van der Waals surface area contributed by atoms with Gasteiger partial charge in [-0.1, -0.05) is 19.1 Å². The Morgan fingerprint density at radius 1 is 1.64 bits per heavy atom. The van der Waals surface area contributed by atoms with E-state index in [-0.39, 0.29) is 24.5 Å². The first-order valence-corrected chi connectivity index (χ1v) is 5.34. The first-order chi connectivity index (χ1) is 6.77. The molecule has 0 radical (unpaired) electrons. The fraction of sp³-hybridized carbons (Fsp3) is 0.727. The van der Waals surface area contributed by atoms with Crippen molar-refractivity contribution in [3.8, 4) is 0 Å². The number of carbonyl (C=O) groups is 1. The van der Waals surface area contributed by atoms with Gasteiger partial charge in [0, 0.05) is 5.92 Å². The van der Waals surface area contributed by atoms with Crippen LogP contribution in [-0.2, 0) is 4.79 Å². The van der Waals surface area contributed by atoms with E-state index in [9.17, 15) is 4.79 Å². The molecule has 0 saturated heterocycles. The molecule has 2 N–H and O–H groups in total. The largest absolute Gasteiger partial charge is 0.394 e. The Kier molecular flexibility index (Phi) is 4.66. The summed E-state index contributed by atoms with van der Waals surface area (Å²) < 4.78 is 0. The van der Waals surface area contributed by atoms with Crippen LogP contribution in [0.4, 0.5) is 0 Å². The van der Waals surface area contributed by atoms with Crippen molar-refractivity contribution < 1.29 is 9.90 Å². The van der Waals surface area contributed by atoms with Gasteiger partial charge in [-0.25, -0.2) is 0 Å². The smallest absolute Gasteiger partial charge is 0.223 e. The maximum absolute atomic E-state index is 11.7. The second-order valence-electron chi connectivity index (χ2n) is 3.78. The van der Waals surface area contributed by atoms with Gasteiger partial charge < -0.3 is 10.4 Å². The predicted octanol–water partition coefficient (Wildman–Crippen LogP) is 1.23. The number of hydrogen-bond acceptors (Lipinski definition) is 2. The van der Waals surface area contributed by atoms with E-state index < -0.39 is 0 Å². The zero-order chi connectivity index (χ0) is 10.4. The number of aliphatic hydroxyl groups is 1.